The number of hydrogen-bond acceptors (Lipinski definition) is 3. The Bertz CT molecular complexity index is 256. The molecule has 0 aromatic heterocycles. The summed E-state index contributed by atoms with van der Waals surface area (Å²) in [5.41, 5.74) is 0. The summed E-state index contributed by atoms with van der Waals surface area (Å²) in [5.74, 6) is -0.693. The smallest absolute Gasteiger partial charge is 0.320 e. The highest BCUT2D eigenvalue weighted by molar-refractivity contribution is 5.72. The topological polar surface area (TPSA) is 43.8 Å². The van der Waals surface area contributed by atoms with Crippen LogP contribution in [0.5, 0.6) is 0 Å². The first kappa shape index (κ1) is 12.8. The van der Waals surface area contributed by atoms with Crippen molar-refractivity contribution in [3.63, 3.8) is 0 Å². The minimum Gasteiger partial charge on any atom is -0.480 e. The van der Waals surface area contributed by atoms with Crippen molar-refractivity contribution in [2.24, 2.45) is 0 Å². The van der Waals surface area contributed by atoms with E-state index in [1.54, 1.807) is 6.92 Å². The second-order valence-electron chi connectivity index (χ2n) is 5.38. The molecule has 0 amide bonds. The Balaban J connectivity index is 1.79. The van der Waals surface area contributed by atoms with E-state index < -0.39 is 5.97 Å². The maximum Gasteiger partial charge on any atom is 0.320 e. The molecular formula is C13H24N2O2. The van der Waals surface area contributed by atoms with Gasteiger partial charge in [-0.15, -0.1) is 0 Å². The summed E-state index contributed by atoms with van der Waals surface area (Å²) in [5, 5.41) is 9.00. The Kier molecular flexibility index (Phi) is 4.40. The van der Waals surface area contributed by atoms with E-state index in [0.717, 1.165) is 25.9 Å². The zero-order chi connectivity index (χ0) is 12.3. The van der Waals surface area contributed by atoms with E-state index in [0.29, 0.717) is 6.04 Å². The highest BCUT2D eigenvalue weighted by atomic mass is 16.4. The summed E-state index contributed by atoms with van der Waals surface area (Å²) in [7, 11) is 0. The molecule has 1 unspecified atom stereocenters. The number of nitrogens with zero attached hydrogens (tertiary/aromatic N) is 2. The van der Waals surface area contributed by atoms with E-state index in [2.05, 4.69) is 9.80 Å². The van der Waals surface area contributed by atoms with E-state index in [9.17, 15) is 4.79 Å². The van der Waals surface area contributed by atoms with Crippen molar-refractivity contribution in [2.45, 2.75) is 51.1 Å². The zero-order valence-electron chi connectivity index (χ0n) is 10.8. The number of carboxylic acids is 1. The summed E-state index contributed by atoms with van der Waals surface area (Å²) in [6, 6.07) is 0.379. The summed E-state index contributed by atoms with van der Waals surface area (Å²) in [6.45, 7) is 6.17. The van der Waals surface area contributed by atoms with Gasteiger partial charge in [-0.25, -0.2) is 0 Å². The molecule has 0 aromatic rings. The number of hydrogen-bond donors (Lipinski definition) is 1. The molecule has 0 radical (unpaired) electrons. The second-order valence-corrected chi connectivity index (χ2v) is 5.38. The molecule has 98 valence electrons. The molecule has 1 N–H and O–H groups in total. The van der Waals surface area contributed by atoms with Crippen LogP contribution in [0.25, 0.3) is 0 Å². The average Bonchev–Trinajstić information content (AvgIpc) is 2.39. The average molecular weight is 240 g/mol. The maximum atomic E-state index is 10.9. The van der Waals surface area contributed by atoms with Crippen LogP contribution in [-0.4, -0.2) is 59.1 Å². The van der Waals surface area contributed by atoms with Gasteiger partial charge >= 0.3 is 5.97 Å². The third-order valence-corrected chi connectivity index (χ3v) is 4.31. The van der Waals surface area contributed by atoms with E-state index in [1.807, 2.05) is 0 Å². The van der Waals surface area contributed by atoms with E-state index in [-0.39, 0.29) is 6.04 Å². The normalized spacial score (nSPS) is 26.9. The lowest BCUT2D eigenvalue weighted by Crippen LogP contribution is -2.50. The minimum atomic E-state index is -0.693. The molecule has 0 aliphatic carbocycles. The third kappa shape index (κ3) is 3.19. The van der Waals surface area contributed by atoms with Gasteiger partial charge in [0, 0.05) is 19.1 Å². The molecular weight excluding hydrogens is 216 g/mol. The van der Waals surface area contributed by atoms with Gasteiger partial charge < -0.3 is 10.0 Å². The van der Waals surface area contributed by atoms with Gasteiger partial charge in [0.2, 0.25) is 0 Å². The van der Waals surface area contributed by atoms with Crippen LogP contribution in [-0.2, 0) is 4.79 Å². The van der Waals surface area contributed by atoms with Crippen LogP contribution in [0.15, 0.2) is 0 Å². The number of likely N-dealkylation sites (tertiary alicyclic amines) is 2. The molecule has 4 heteroatoms. The molecule has 2 aliphatic heterocycles. The summed E-state index contributed by atoms with van der Waals surface area (Å²) < 4.78 is 0. The number of aliphatic carboxylic acids is 1. The lowest BCUT2D eigenvalue weighted by molar-refractivity contribution is -0.143. The molecule has 0 spiro atoms. The van der Waals surface area contributed by atoms with Crippen LogP contribution < -0.4 is 0 Å². The van der Waals surface area contributed by atoms with E-state index in [4.69, 9.17) is 5.11 Å². The summed E-state index contributed by atoms with van der Waals surface area (Å²) in [6.07, 6.45) is 6.33. The number of carbonyl (C=O) groups is 1. The molecule has 2 rings (SSSR count). The van der Waals surface area contributed by atoms with Gasteiger partial charge in [0.25, 0.3) is 0 Å². The van der Waals surface area contributed by atoms with Gasteiger partial charge in [0.05, 0.1) is 0 Å². The highest BCUT2D eigenvalue weighted by Gasteiger charge is 2.29. The van der Waals surface area contributed by atoms with Crippen LogP contribution in [0, 0.1) is 0 Å². The SMILES string of the molecule is CC(C(=O)O)N1CCC(N2CCCCC2)CC1. The van der Waals surface area contributed by atoms with Gasteiger partial charge in [-0.2, -0.15) is 0 Å². The van der Waals surface area contributed by atoms with Crippen molar-refractivity contribution < 1.29 is 9.90 Å². The highest BCUT2D eigenvalue weighted by Crippen LogP contribution is 2.21. The molecule has 2 fully saturated rings. The number of piperidine rings is 2. The van der Waals surface area contributed by atoms with Crippen molar-refractivity contribution in [1.29, 1.82) is 0 Å². The molecule has 17 heavy (non-hydrogen) atoms. The summed E-state index contributed by atoms with van der Waals surface area (Å²) >= 11 is 0. The van der Waals surface area contributed by atoms with Gasteiger partial charge in [0.15, 0.2) is 0 Å². The fourth-order valence-electron chi connectivity index (χ4n) is 3.08. The molecule has 2 heterocycles. The van der Waals surface area contributed by atoms with Gasteiger partial charge in [-0.3, -0.25) is 9.69 Å². The third-order valence-electron chi connectivity index (χ3n) is 4.31. The molecule has 0 saturated carbocycles. The Morgan fingerprint density at radius 3 is 2.24 bits per heavy atom. The first-order valence-electron chi connectivity index (χ1n) is 6.89. The standard InChI is InChI=1S/C13H24N2O2/c1-11(13(16)17)14-9-5-12(6-10-14)15-7-3-2-4-8-15/h11-12H,2-10H2,1H3,(H,16,17). The molecule has 2 aliphatic rings. The zero-order valence-corrected chi connectivity index (χ0v) is 10.8. The van der Waals surface area contributed by atoms with Crippen molar-refractivity contribution in [3.05, 3.63) is 0 Å². The van der Waals surface area contributed by atoms with E-state index in [1.165, 1.54) is 32.4 Å². The number of rotatable bonds is 3. The predicted octanol–water partition coefficient (Wildman–Crippen LogP) is 1.41. The molecule has 4 nitrogen and oxygen atoms in total. The second kappa shape index (κ2) is 5.83. The predicted molar refractivity (Wildman–Crippen MR) is 67.1 cm³/mol. The molecule has 1 atom stereocenters. The lowest BCUT2D eigenvalue weighted by atomic mass is 9.99. The quantitative estimate of drug-likeness (QED) is 0.810. The largest absolute Gasteiger partial charge is 0.480 e. The first-order chi connectivity index (χ1) is 8.18. The summed E-state index contributed by atoms with van der Waals surface area (Å²) in [4.78, 5) is 15.6. The number of carboxylic acid groups (broad SMARTS) is 1. The van der Waals surface area contributed by atoms with Crippen LogP contribution in [0.3, 0.4) is 0 Å². The van der Waals surface area contributed by atoms with Crippen molar-refractivity contribution >= 4 is 5.97 Å². The molecule has 2 saturated heterocycles. The van der Waals surface area contributed by atoms with Crippen LogP contribution in [0.4, 0.5) is 0 Å². The fraction of sp³-hybridized carbons (Fsp3) is 0.923. The van der Waals surface area contributed by atoms with Crippen LogP contribution in [0.1, 0.15) is 39.0 Å². The van der Waals surface area contributed by atoms with Crippen molar-refractivity contribution in [3.8, 4) is 0 Å². The van der Waals surface area contributed by atoms with Gasteiger partial charge in [-0.1, -0.05) is 6.42 Å². The Morgan fingerprint density at radius 1 is 1.12 bits per heavy atom. The first-order valence-corrected chi connectivity index (χ1v) is 6.89. The van der Waals surface area contributed by atoms with Crippen molar-refractivity contribution in [2.75, 3.05) is 26.2 Å². The Morgan fingerprint density at radius 2 is 1.71 bits per heavy atom. The Labute approximate surface area is 104 Å². The monoisotopic (exact) mass is 240 g/mol. The molecule has 0 aromatic carbocycles. The lowest BCUT2D eigenvalue weighted by Gasteiger charge is -2.41. The fourth-order valence-corrected chi connectivity index (χ4v) is 3.08. The van der Waals surface area contributed by atoms with Gasteiger partial charge in [0.1, 0.15) is 6.04 Å². The van der Waals surface area contributed by atoms with Crippen molar-refractivity contribution in [1.82, 2.24) is 9.80 Å². The van der Waals surface area contributed by atoms with Gasteiger partial charge in [-0.05, 0) is 45.7 Å². The van der Waals surface area contributed by atoms with Crippen LogP contribution >= 0.6 is 0 Å². The van der Waals surface area contributed by atoms with E-state index >= 15 is 0 Å². The Hall–Kier alpha value is -0.610. The molecule has 0 bridgehead atoms. The minimum absolute atomic E-state index is 0.322. The van der Waals surface area contributed by atoms with Crippen LogP contribution in [0.2, 0.25) is 0 Å². The maximum absolute atomic E-state index is 10.9.